The fraction of sp³-hybridized carbons (Fsp3) is 0.263. The third-order valence-electron chi connectivity index (χ3n) is 3.77. The van der Waals surface area contributed by atoms with Crippen LogP contribution in [0.25, 0.3) is 0 Å². The van der Waals surface area contributed by atoms with E-state index in [9.17, 15) is 18.4 Å². The number of benzene rings is 2. The first-order chi connectivity index (χ1) is 11.9. The fourth-order valence-corrected chi connectivity index (χ4v) is 2.33. The number of carbonyl (C=O) groups excluding carboxylic acids is 2. The third-order valence-corrected chi connectivity index (χ3v) is 3.77. The molecular formula is C19H20F2N2O2. The highest BCUT2D eigenvalue weighted by Gasteiger charge is 2.25. The second-order valence-electron chi connectivity index (χ2n) is 5.98. The number of nitrogens with one attached hydrogen (secondary N) is 2. The monoisotopic (exact) mass is 346 g/mol. The Labute approximate surface area is 145 Å². The predicted molar refractivity (Wildman–Crippen MR) is 90.7 cm³/mol. The average Bonchev–Trinajstić information content (AvgIpc) is 2.58. The highest BCUT2D eigenvalue weighted by Crippen LogP contribution is 2.10. The largest absolute Gasteiger partial charge is 0.350 e. The lowest BCUT2D eigenvalue weighted by Gasteiger charge is -2.22. The molecule has 2 aromatic rings. The van der Waals surface area contributed by atoms with Crippen LogP contribution in [0.4, 0.5) is 8.78 Å². The van der Waals surface area contributed by atoms with Gasteiger partial charge in [0, 0.05) is 12.1 Å². The molecule has 0 saturated heterocycles. The van der Waals surface area contributed by atoms with E-state index in [4.69, 9.17) is 0 Å². The van der Waals surface area contributed by atoms with Gasteiger partial charge in [0.25, 0.3) is 5.91 Å². The van der Waals surface area contributed by atoms with Crippen LogP contribution in [0.3, 0.4) is 0 Å². The Bertz CT molecular complexity index is 763. The van der Waals surface area contributed by atoms with E-state index in [-0.39, 0.29) is 18.0 Å². The summed E-state index contributed by atoms with van der Waals surface area (Å²) in [4.78, 5) is 24.6. The summed E-state index contributed by atoms with van der Waals surface area (Å²) < 4.78 is 27.3. The topological polar surface area (TPSA) is 58.2 Å². The average molecular weight is 346 g/mol. The van der Waals surface area contributed by atoms with Crippen molar-refractivity contribution in [3.8, 4) is 0 Å². The smallest absolute Gasteiger partial charge is 0.254 e. The Kier molecular flexibility index (Phi) is 6.22. The minimum absolute atomic E-state index is 0.00426. The van der Waals surface area contributed by atoms with Gasteiger partial charge in [0.1, 0.15) is 17.7 Å². The molecule has 25 heavy (non-hydrogen) atoms. The van der Waals surface area contributed by atoms with Gasteiger partial charge >= 0.3 is 0 Å². The molecule has 0 aliphatic carbocycles. The summed E-state index contributed by atoms with van der Waals surface area (Å²) >= 11 is 0. The molecule has 4 nitrogen and oxygen atoms in total. The van der Waals surface area contributed by atoms with Crippen LogP contribution in [0.15, 0.2) is 48.5 Å². The molecule has 2 rings (SSSR count). The predicted octanol–water partition coefficient (Wildman–Crippen LogP) is 3.04. The van der Waals surface area contributed by atoms with Gasteiger partial charge in [0.05, 0.1) is 5.56 Å². The maximum atomic E-state index is 13.7. The first-order valence-electron chi connectivity index (χ1n) is 7.96. The van der Waals surface area contributed by atoms with Crippen molar-refractivity contribution >= 4 is 11.8 Å². The molecule has 6 heteroatoms. The third kappa shape index (κ3) is 4.86. The summed E-state index contributed by atoms with van der Waals surface area (Å²) in [6.45, 7) is 3.52. The van der Waals surface area contributed by atoms with Gasteiger partial charge in [0.15, 0.2) is 0 Å². The molecule has 0 aliphatic heterocycles. The molecule has 0 aromatic heterocycles. The lowest BCUT2D eigenvalue weighted by Crippen LogP contribution is -2.49. The number of halogens is 2. The van der Waals surface area contributed by atoms with Gasteiger partial charge in [-0.25, -0.2) is 8.78 Å². The molecule has 2 N–H and O–H groups in total. The normalized spacial score (nSPS) is 11.9. The van der Waals surface area contributed by atoms with Crippen LogP contribution in [-0.2, 0) is 11.3 Å². The van der Waals surface area contributed by atoms with Gasteiger partial charge in [-0.1, -0.05) is 44.2 Å². The Morgan fingerprint density at radius 1 is 0.960 bits per heavy atom. The van der Waals surface area contributed by atoms with Crippen LogP contribution in [0.5, 0.6) is 0 Å². The zero-order chi connectivity index (χ0) is 18.4. The van der Waals surface area contributed by atoms with Crippen LogP contribution in [0.1, 0.15) is 29.8 Å². The number of rotatable bonds is 6. The van der Waals surface area contributed by atoms with E-state index >= 15 is 0 Å². The minimum Gasteiger partial charge on any atom is -0.350 e. The zero-order valence-electron chi connectivity index (χ0n) is 14.1. The minimum atomic E-state index is -0.862. The van der Waals surface area contributed by atoms with Crippen molar-refractivity contribution in [1.29, 1.82) is 0 Å². The Morgan fingerprint density at radius 3 is 2.16 bits per heavy atom. The first kappa shape index (κ1) is 18.6. The number of carbonyl (C=O) groups is 2. The number of hydrogen-bond donors (Lipinski definition) is 2. The van der Waals surface area contributed by atoms with Crippen LogP contribution in [-0.4, -0.2) is 17.9 Å². The molecule has 0 heterocycles. The maximum absolute atomic E-state index is 13.7. The molecule has 0 saturated carbocycles. The molecule has 0 fully saturated rings. The van der Waals surface area contributed by atoms with Crippen molar-refractivity contribution in [2.24, 2.45) is 5.92 Å². The molecule has 2 aromatic carbocycles. The molecule has 2 amide bonds. The SMILES string of the molecule is CC(C)C(NC(=O)c1ccccc1F)C(=O)NCc1ccccc1F. The quantitative estimate of drug-likeness (QED) is 0.845. The van der Waals surface area contributed by atoms with E-state index in [1.807, 2.05) is 0 Å². The lowest BCUT2D eigenvalue weighted by atomic mass is 10.0. The van der Waals surface area contributed by atoms with E-state index in [0.717, 1.165) is 0 Å². The highest BCUT2D eigenvalue weighted by atomic mass is 19.1. The molecule has 0 spiro atoms. The zero-order valence-corrected chi connectivity index (χ0v) is 14.1. The van der Waals surface area contributed by atoms with Crippen molar-refractivity contribution in [3.05, 3.63) is 71.3 Å². The van der Waals surface area contributed by atoms with Crippen molar-refractivity contribution in [2.75, 3.05) is 0 Å². The van der Waals surface area contributed by atoms with E-state index in [0.29, 0.717) is 5.56 Å². The Hall–Kier alpha value is -2.76. The maximum Gasteiger partial charge on any atom is 0.254 e. The summed E-state index contributed by atoms with van der Waals surface area (Å²) in [5.74, 6) is -2.43. The molecule has 1 atom stereocenters. The van der Waals surface area contributed by atoms with Crippen LogP contribution in [0, 0.1) is 17.6 Å². The fourth-order valence-electron chi connectivity index (χ4n) is 2.33. The van der Waals surface area contributed by atoms with Gasteiger partial charge in [-0.05, 0) is 24.1 Å². The summed E-state index contributed by atoms with van der Waals surface area (Å²) in [5, 5.41) is 5.14. The summed E-state index contributed by atoms with van der Waals surface area (Å²) in [6, 6.07) is 10.8. The summed E-state index contributed by atoms with van der Waals surface area (Å²) in [5.41, 5.74) is 0.217. The van der Waals surface area contributed by atoms with Crippen molar-refractivity contribution < 1.29 is 18.4 Å². The van der Waals surface area contributed by atoms with Gasteiger partial charge in [-0.2, -0.15) is 0 Å². The molecule has 132 valence electrons. The summed E-state index contributed by atoms with van der Waals surface area (Å²) in [6.07, 6.45) is 0. The van der Waals surface area contributed by atoms with Crippen LogP contribution >= 0.6 is 0 Å². The van der Waals surface area contributed by atoms with Crippen molar-refractivity contribution in [2.45, 2.75) is 26.4 Å². The molecule has 0 aliphatic rings. The molecular weight excluding hydrogens is 326 g/mol. The van der Waals surface area contributed by atoms with E-state index in [2.05, 4.69) is 10.6 Å². The van der Waals surface area contributed by atoms with E-state index in [1.54, 1.807) is 38.1 Å². The number of amides is 2. The van der Waals surface area contributed by atoms with Crippen LogP contribution < -0.4 is 10.6 Å². The second-order valence-corrected chi connectivity index (χ2v) is 5.98. The molecule has 0 radical (unpaired) electrons. The lowest BCUT2D eigenvalue weighted by molar-refractivity contribution is -0.124. The van der Waals surface area contributed by atoms with Crippen molar-refractivity contribution in [1.82, 2.24) is 10.6 Å². The highest BCUT2D eigenvalue weighted by molar-refractivity contribution is 5.97. The van der Waals surface area contributed by atoms with Gasteiger partial charge in [-0.3, -0.25) is 9.59 Å². The van der Waals surface area contributed by atoms with Gasteiger partial charge in [-0.15, -0.1) is 0 Å². The van der Waals surface area contributed by atoms with E-state index < -0.39 is 29.5 Å². The second kappa shape index (κ2) is 8.37. The summed E-state index contributed by atoms with van der Waals surface area (Å²) in [7, 11) is 0. The first-order valence-corrected chi connectivity index (χ1v) is 7.96. The van der Waals surface area contributed by atoms with Gasteiger partial charge < -0.3 is 10.6 Å². The number of hydrogen-bond acceptors (Lipinski definition) is 2. The van der Waals surface area contributed by atoms with E-state index in [1.165, 1.54) is 24.3 Å². The Balaban J connectivity index is 2.04. The van der Waals surface area contributed by atoms with Crippen LogP contribution in [0.2, 0.25) is 0 Å². The Morgan fingerprint density at radius 2 is 1.56 bits per heavy atom. The standard InChI is InChI=1S/C19H20F2N2O2/c1-12(2)17(23-18(24)14-8-4-6-10-16(14)21)19(25)22-11-13-7-3-5-9-15(13)20/h3-10,12,17H,11H2,1-2H3,(H,22,25)(H,23,24). The molecule has 0 bridgehead atoms. The van der Waals surface area contributed by atoms with Gasteiger partial charge in [0.2, 0.25) is 5.91 Å². The van der Waals surface area contributed by atoms with Crippen molar-refractivity contribution in [3.63, 3.8) is 0 Å². The molecule has 1 unspecified atom stereocenters.